The van der Waals surface area contributed by atoms with Gasteiger partial charge in [-0.3, -0.25) is 4.98 Å². The zero-order chi connectivity index (χ0) is 11.7. The summed E-state index contributed by atoms with van der Waals surface area (Å²) in [6.45, 7) is 0. The standard InChI is InChI=1S/C13H17N3S/c17-13(15-11-3-5-14-6-4-11)16-12-8-9-1-2-10(12)7-9/h3-6,9-10,12H,1-2,7-8H2,(H2,14,15,16,17). The molecule has 17 heavy (non-hydrogen) atoms. The Morgan fingerprint density at radius 2 is 2.06 bits per heavy atom. The van der Waals surface area contributed by atoms with Crippen LogP contribution in [-0.4, -0.2) is 16.1 Å². The molecule has 4 heteroatoms. The minimum Gasteiger partial charge on any atom is -0.359 e. The molecule has 1 aromatic rings. The van der Waals surface area contributed by atoms with Crippen LogP contribution in [0.4, 0.5) is 5.69 Å². The van der Waals surface area contributed by atoms with Gasteiger partial charge in [0.05, 0.1) is 0 Å². The molecule has 0 radical (unpaired) electrons. The molecule has 1 aromatic heterocycles. The van der Waals surface area contributed by atoms with Crippen molar-refractivity contribution < 1.29 is 0 Å². The van der Waals surface area contributed by atoms with E-state index in [1.54, 1.807) is 12.4 Å². The molecule has 2 aliphatic rings. The fourth-order valence-corrected chi connectivity index (χ4v) is 3.46. The van der Waals surface area contributed by atoms with Gasteiger partial charge in [-0.1, -0.05) is 6.42 Å². The maximum atomic E-state index is 5.35. The molecule has 0 amide bonds. The Balaban J connectivity index is 1.54. The van der Waals surface area contributed by atoms with E-state index in [0.717, 1.165) is 22.6 Å². The molecule has 2 bridgehead atoms. The van der Waals surface area contributed by atoms with Gasteiger partial charge >= 0.3 is 0 Å². The summed E-state index contributed by atoms with van der Waals surface area (Å²) in [4.78, 5) is 3.98. The van der Waals surface area contributed by atoms with Crippen LogP contribution in [0.3, 0.4) is 0 Å². The minimum absolute atomic E-state index is 0.593. The SMILES string of the molecule is S=C(Nc1ccncc1)NC1CC2CCC1C2. The normalized spacial score (nSPS) is 30.2. The molecule has 3 atom stereocenters. The molecular formula is C13H17N3S. The quantitative estimate of drug-likeness (QED) is 0.788. The zero-order valence-electron chi connectivity index (χ0n) is 9.73. The largest absolute Gasteiger partial charge is 0.359 e. The van der Waals surface area contributed by atoms with Crippen LogP contribution < -0.4 is 10.6 Å². The van der Waals surface area contributed by atoms with Gasteiger partial charge in [0.2, 0.25) is 0 Å². The van der Waals surface area contributed by atoms with Crippen molar-refractivity contribution in [2.24, 2.45) is 11.8 Å². The van der Waals surface area contributed by atoms with Crippen molar-refractivity contribution in [3.05, 3.63) is 24.5 Å². The molecule has 0 aliphatic heterocycles. The molecule has 2 saturated carbocycles. The van der Waals surface area contributed by atoms with Crippen LogP contribution in [0.15, 0.2) is 24.5 Å². The second-order valence-corrected chi connectivity index (χ2v) is 5.52. The molecule has 3 rings (SSSR count). The van der Waals surface area contributed by atoms with Crippen LogP contribution in [0.1, 0.15) is 25.7 Å². The average molecular weight is 247 g/mol. The second kappa shape index (κ2) is 4.61. The number of nitrogens with zero attached hydrogens (tertiary/aromatic N) is 1. The average Bonchev–Trinajstić information content (AvgIpc) is 2.92. The van der Waals surface area contributed by atoms with E-state index in [1.807, 2.05) is 12.1 Å². The smallest absolute Gasteiger partial charge is 0.171 e. The fraction of sp³-hybridized carbons (Fsp3) is 0.538. The Morgan fingerprint density at radius 1 is 1.24 bits per heavy atom. The van der Waals surface area contributed by atoms with Gasteiger partial charge in [-0.25, -0.2) is 0 Å². The summed E-state index contributed by atoms with van der Waals surface area (Å²) in [5.41, 5.74) is 1.00. The van der Waals surface area contributed by atoms with Crippen molar-refractivity contribution in [3.8, 4) is 0 Å². The second-order valence-electron chi connectivity index (χ2n) is 5.12. The van der Waals surface area contributed by atoms with Crippen LogP contribution in [0.5, 0.6) is 0 Å². The van der Waals surface area contributed by atoms with Gasteiger partial charge in [0.15, 0.2) is 5.11 Å². The lowest BCUT2D eigenvalue weighted by atomic mass is 9.96. The number of aromatic nitrogens is 1. The lowest BCUT2D eigenvalue weighted by Gasteiger charge is -2.24. The number of rotatable bonds is 2. The maximum Gasteiger partial charge on any atom is 0.171 e. The molecule has 3 nitrogen and oxygen atoms in total. The van der Waals surface area contributed by atoms with E-state index in [9.17, 15) is 0 Å². The summed E-state index contributed by atoms with van der Waals surface area (Å²) in [6, 6.07) is 4.44. The van der Waals surface area contributed by atoms with E-state index in [1.165, 1.54) is 25.7 Å². The van der Waals surface area contributed by atoms with Crippen LogP contribution in [0.2, 0.25) is 0 Å². The maximum absolute atomic E-state index is 5.35. The Bertz CT molecular complexity index is 406. The van der Waals surface area contributed by atoms with E-state index in [2.05, 4.69) is 15.6 Å². The molecule has 2 aliphatic carbocycles. The highest BCUT2D eigenvalue weighted by molar-refractivity contribution is 7.80. The molecule has 0 saturated heterocycles. The first-order chi connectivity index (χ1) is 8.31. The van der Waals surface area contributed by atoms with Gasteiger partial charge in [-0.15, -0.1) is 0 Å². The third-order valence-corrected chi connectivity index (χ3v) is 4.21. The number of anilines is 1. The Morgan fingerprint density at radius 3 is 2.71 bits per heavy atom. The van der Waals surface area contributed by atoms with Crippen molar-refractivity contribution >= 4 is 23.0 Å². The monoisotopic (exact) mass is 247 g/mol. The molecule has 90 valence electrons. The van der Waals surface area contributed by atoms with E-state index < -0.39 is 0 Å². The van der Waals surface area contributed by atoms with Gasteiger partial charge in [-0.2, -0.15) is 0 Å². The minimum atomic E-state index is 0.593. The third kappa shape index (κ3) is 2.41. The van der Waals surface area contributed by atoms with Gasteiger partial charge in [0, 0.05) is 24.1 Å². The van der Waals surface area contributed by atoms with Gasteiger partial charge < -0.3 is 10.6 Å². The highest BCUT2D eigenvalue weighted by Crippen LogP contribution is 2.44. The number of pyridine rings is 1. The number of hydrogen-bond acceptors (Lipinski definition) is 2. The van der Waals surface area contributed by atoms with Crippen molar-refractivity contribution in [2.75, 3.05) is 5.32 Å². The molecule has 0 spiro atoms. The Kier molecular flexibility index (Phi) is 2.97. The lowest BCUT2D eigenvalue weighted by molar-refractivity contribution is 0.392. The highest BCUT2D eigenvalue weighted by atomic mass is 32.1. The van der Waals surface area contributed by atoms with Crippen LogP contribution in [-0.2, 0) is 0 Å². The first-order valence-corrected chi connectivity index (χ1v) is 6.69. The molecule has 0 aromatic carbocycles. The van der Waals surface area contributed by atoms with Crippen LogP contribution in [0.25, 0.3) is 0 Å². The summed E-state index contributed by atoms with van der Waals surface area (Å²) >= 11 is 5.35. The first-order valence-electron chi connectivity index (χ1n) is 6.29. The van der Waals surface area contributed by atoms with Gasteiger partial charge in [-0.05, 0) is 55.4 Å². The van der Waals surface area contributed by atoms with E-state index >= 15 is 0 Å². The van der Waals surface area contributed by atoms with Crippen LogP contribution in [0, 0.1) is 11.8 Å². The van der Waals surface area contributed by atoms with Gasteiger partial charge in [0.1, 0.15) is 0 Å². The summed E-state index contributed by atoms with van der Waals surface area (Å²) in [5, 5.41) is 7.41. The van der Waals surface area contributed by atoms with Crippen LogP contribution >= 0.6 is 12.2 Å². The molecule has 2 N–H and O–H groups in total. The van der Waals surface area contributed by atoms with Crippen molar-refractivity contribution in [2.45, 2.75) is 31.7 Å². The van der Waals surface area contributed by atoms with E-state index in [0.29, 0.717) is 6.04 Å². The van der Waals surface area contributed by atoms with Crippen molar-refractivity contribution in [3.63, 3.8) is 0 Å². The topological polar surface area (TPSA) is 37.0 Å². The Labute approximate surface area is 107 Å². The number of thiocarbonyl (C=S) groups is 1. The fourth-order valence-electron chi connectivity index (χ4n) is 3.19. The summed E-state index contributed by atoms with van der Waals surface area (Å²) < 4.78 is 0. The first kappa shape index (κ1) is 11.0. The summed E-state index contributed by atoms with van der Waals surface area (Å²) in [5.74, 6) is 1.79. The molecule has 2 fully saturated rings. The molecule has 1 heterocycles. The third-order valence-electron chi connectivity index (χ3n) is 3.99. The van der Waals surface area contributed by atoms with E-state index in [-0.39, 0.29) is 0 Å². The molecular weight excluding hydrogens is 230 g/mol. The Hall–Kier alpha value is -1.16. The molecule has 3 unspecified atom stereocenters. The van der Waals surface area contributed by atoms with Crippen molar-refractivity contribution in [1.29, 1.82) is 0 Å². The zero-order valence-corrected chi connectivity index (χ0v) is 10.5. The lowest BCUT2D eigenvalue weighted by Crippen LogP contribution is -2.40. The van der Waals surface area contributed by atoms with E-state index in [4.69, 9.17) is 12.2 Å². The number of hydrogen-bond donors (Lipinski definition) is 2. The van der Waals surface area contributed by atoms with Crippen molar-refractivity contribution in [1.82, 2.24) is 10.3 Å². The predicted molar refractivity (Wildman–Crippen MR) is 72.8 cm³/mol. The number of fused-ring (bicyclic) bond motifs is 2. The summed E-state index contributed by atoms with van der Waals surface area (Å²) in [7, 11) is 0. The number of nitrogens with one attached hydrogen (secondary N) is 2. The summed E-state index contributed by atoms with van der Waals surface area (Å²) in [6.07, 6.45) is 9.02. The van der Waals surface area contributed by atoms with Gasteiger partial charge in [0.25, 0.3) is 0 Å². The predicted octanol–water partition coefficient (Wildman–Crippen LogP) is 2.56. The highest BCUT2D eigenvalue weighted by Gasteiger charge is 2.39.